The van der Waals surface area contributed by atoms with Gasteiger partial charge in [0, 0.05) is 12.7 Å². The zero-order valence-electron chi connectivity index (χ0n) is 8.19. The molecule has 1 rings (SSSR count). The third-order valence-corrected chi connectivity index (χ3v) is 1.86. The van der Waals surface area contributed by atoms with E-state index in [4.69, 9.17) is 5.73 Å². The fourth-order valence-electron chi connectivity index (χ4n) is 1.12. The Labute approximate surface area is 86.5 Å². The predicted molar refractivity (Wildman–Crippen MR) is 52.8 cm³/mol. The highest BCUT2D eigenvalue weighted by molar-refractivity contribution is 6.02. The van der Waals surface area contributed by atoms with Gasteiger partial charge in [-0.05, 0) is 18.2 Å². The van der Waals surface area contributed by atoms with E-state index in [0.29, 0.717) is 0 Å². The molecule has 0 atom stereocenters. The third-order valence-electron chi connectivity index (χ3n) is 1.86. The summed E-state index contributed by atoms with van der Waals surface area (Å²) in [6.07, 6.45) is 0. The molecule has 0 aliphatic heterocycles. The third kappa shape index (κ3) is 2.54. The van der Waals surface area contributed by atoms with Crippen molar-refractivity contribution in [1.29, 1.82) is 0 Å². The number of hydrogen-bond donors (Lipinski definition) is 2. The summed E-state index contributed by atoms with van der Waals surface area (Å²) in [5.41, 5.74) is 5.22. The minimum atomic E-state index is -0.778. The summed E-state index contributed by atoms with van der Waals surface area (Å²) in [5.74, 6) is -1.30. The summed E-state index contributed by atoms with van der Waals surface area (Å²) in [6.45, 7) is -0.0804. The van der Waals surface area contributed by atoms with E-state index in [9.17, 15) is 14.7 Å². The standard InChI is InChI=1S/C10H11NO4/c1-15-5-9(13)6-2-3-8(12)7(4-6)10(11)14/h2-4,12H,5H2,1H3,(H2,11,14). The monoisotopic (exact) mass is 209 g/mol. The Morgan fingerprint density at radius 1 is 1.47 bits per heavy atom. The normalized spacial score (nSPS) is 9.93. The predicted octanol–water partition coefficient (Wildman–Crippen LogP) is 0.320. The van der Waals surface area contributed by atoms with Gasteiger partial charge >= 0.3 is 0 Å². The molecule has 5 heteroatoms. The molecule has 1 aromatic carbocycles. The quantitative estimate of drug-likeness (QED) is 0.699. The van der Waals surface area contributed by atoms with E-state index in [-0.39, 0.29) is 29.3 Å². The zero-order valence-corrected chi connectivity index (χ0v) is 8.19. The molecule has 80 valence electrons. The van der Waals surface area contributed by atoms with Crippen LogP contribution in [0.2, 0.25) is 0 Å². The molecule has 15 heavy (non-hydrogen) atoms. The fraction of sp³-hybridized carbons (Fsp3) is 0.200. The number of carbonyl (C=O) groups excluding carboxylic acids is 2. The first-order chi connectivity index (χ1) is 7.06. The molecule has 0 saturated heterocycles. The molecule has 0 spiro atoms. The van der Waals surface area contributed by atoms with Crippen LogP contribution in [0.5, 0.6) is 5.75 Å². The van der Waals surface area contributed by atoms with Gasteiger partial charge in [-0.3, -0.25) is 9.59 Å². The molecule has 0 heterocycles. The Kier molecular flexibility index (Phi) is 3.41. The van der Waals surface area contributed by atoms with Crippen molar-refractivity contribution in [3.63, 3.8) is 0 Å². The minimum Gasteiger partial charge on any atom is -0.507 e. The fourth-order valence-corrected chi connectivity index (χ4v) is 1.12. The molecule has 0 fully saturated rings. The maximum absolute atomic E-state index is 11.4. The number of primary amides is 1. The number of Topliss-reactive ketones (excluding diaryl/α,β-unsaturated/α-hetero) is 1. The van der Waals surface area contributed by atoms with Gasteiger partial charge < -0.3 is 15.6 Å². The van der Waals surface area contributed by atoms with Crippen LogP contribution in [0.3, 0.4) is 0 Å². The number of ether oxygens (including phenoxy) is 1. The first-order valence-corrected chi connectivity index (χ1v) is 4.21. The Morgan fingerprint density at radius 2 is 2.13 bits per heavy atom. The molecule has 5 nitrogen and oxygen atoms in total. The average Bonchev–Trinajstić information content (AvgIpc) is 2.18. The summed E-state index contributed by atoms with van der Waals surface area (Å²) in [5, 5.41) is 9.27. The van der Waals surface area contributed by atoms with Crippen LogP contribution in [0, 0.1) is 0 Å². The lowest BCUT2D eigenvalue weighted by atomic mass is 10.1. The number of hydrogen-bond acceptors (Lipinski definition) is 4. The summed E-state index contributed by atoms with van der Waals surface area (Å²) in [4.78, 5) is 22.2. The van der Waals surface area contributed by atoms with E-state index in [0.717, 1.165) is 0 Å². The van der Waals surface area contributed by atoms with Gasteiger partial charge in [0.15, 0.2) is 5.78 Å². The van der Waals surface area contributed by atoms with Crippen molar-refractivity contribution in [1.82, 2.24) is 0 Å². The molecule has 0 aliphatic carbocycles. The van der Waals surface area contributed by atoms with Gasteiger partial charge in [-0.25, -0.2) is 0 Å². The van der Waals surface area contributed by atoms with Gasteiger partial charge in [0.1, 0.15) is 12.4 Å². The Bertz CT molecular complexity index is 400. The molecule has 1 aromatic rings. The maximum Gasteiger partial charge on any atom is 0.252 e. The Hall–Kier alpha value is -1.88. The van der Waals surface area contributed by atoms with Crippen LogP contribution < -0.4 is 5.73 Å². The number of nitrogens with two attached hydrogens (primary N) is 1. The molecule has 0 saturated carbocycles. The molecular formula is C10H11NO4. The average molecular weight is 209 g/mol. The first kappa shape index (κ1) is 11.2. The number of benzene rings is 1. The van der Waals surface area contributed by atoms with Crippen molar-refractivity contribution in [2.24, 2.45) is 5.73 Å². The highest BCUT2D eigenvalue weighted by atomic mass is 16.5. The smallest absolute Gasteiger partial charge is 0.252 e. The summed E-state index contributed by atoms with van der Waals surface area (Å²) in [6, 6.07) is 3.91. The number of rotatable bonds is 4. The Morgan fingerprint density at radius 3 is 2.67 bits per heavy atom. The minimum absolute atomic E-state index is 0.0723. The second kappa shape index (κ2) is 4.56. The van der Waals surface area contributed by atoms with Crippen molar-refractivity contribution in [2.75, 3.05) is 13.7 Å². The van der Waals surface area contributed by atoms with Crippen LogP contribution in [0.4, 0.5) is 0 Å². The lowest BCUT2D eigenvalue weighted by molar-refractivity contribution is 0.0848. The summed E-state index contributed by atoms with van der Waals surface area (Å²) < 4.78 is 4.66. The lowest BCUT2D eigenvalue weighted by Gasteiger charge is -2.03. The van der Waals surface area contributed by atoms with Crippen LogP contribution in [-0.4, -0.2) is 30.5 Å². The van der Waals surface area contributed by atoms with Crippen molar-refractivity contribution in [2.45, 2.75) is 0 Å². The second-order valence-electron chi connectivity index (χ2n) is 2.95. The lowest BCUT2D eigenvalue weighted by Crippen LogP contribution is -2.13. The van der Waals surface area contributed by atoms with E-state index >= 15 is 0 Å². The van der Waals surface area contributed by atoms with E-state index in [1.807, 2.05) is 0 Å². The number of phenols is 1. The van der Waals surface area contributed by atoms with Crippen molar-refractivity contribution < 1.29 is 19.4 Å². The van der Waals surface area contributed by atoms with Gasteiger partial charge in [-0.15, -0.1) is 0 Å². The van der Waals surface area contributed by atoms with E-state index in [1.165, 1.54) is 25.3 Å². The molecule has 0 unspecified atom stereocenters. The van der Waals surface area contributed by atoms with Gasteiger partial charge in [0.2, 0.25) is 0 Å². The molecule has 0 aliphatic rings. The van der Waals surface area contributed by atoms with Gasteiger partial charge in [-0.2, -0.15) is 0 Å². The molecule has 3 N–H and O–H groups in total. The number of aromatic hydroxyl groups is 1. The van der Waals surface area contributed by atoms with Crippen LogP contribution in [0.25, 0.3) is 0 Å². The topological polar surface area (TPSA) is 89.6 Å². The number of methoxy groups -OCH3 is 1. The SMILES string of the molecule is COCC(=O)c1ccc(O)c(C(N)=O)c1. The van der Waals surface area contributed by atoms with E-state index in [1.54, 1.807) is 0 Å². The number of ketones is 1. The van der Waals surface area contributed by atoms with Crippen LogP contribution in [0.1, 0.15) is 20.7 Å². The van der Waals surface area contributed by atoms with Gasteiger partial charge in [0.25, 0.3) is 5.91 Å². The van der Waals surface area contributed by atoms with Gasteiger partial charge in [0.05, 0.1) is 5.56 Å². The summed E-state index contributed by atoms with van der Waals surface area (Å²) >= 11 is 0. The maximum atomic E-state index is 11.4. The Balaban J connectivity index is 3.07. The van der Waals surface area contributed by atoms with Crippen molar-refractivity contribution >= 4 is 11.7 Å². The van der Waals surface area contributed by atoms with Crippen LogP contribution >= 0.6 is 0 Å². The van der Waals surface area contributed by atoms with Gasteiger partial charge in [-0.1, -0.05) is 0 Å². The number of amides is 1. The highest BCUT2D eigenvalue weighted by Crippen LogP contribution is 2.18. The van der Waals surface area contributed by atoms with Crippen molar-refractivity contribution in [3.05, 3.63) is 29.3 Å². The summed E-state index contributed by atoms with van der Waals surface area (Å²) in [7, 11) is 1.40. The van der Waals surface area contributed by atoms with E-state index < -0.39 is 5.91 Å². The molecule has 1 amide bonds. The molecule has 0 bridgehead atoms. The largest absolute Gasteiger partial charge is 0.507 e. The molecule has 0 aromatic heterocycles. The van der Waals surface area contributed by atoms with Crippen LogP contribution in [-0.2, 0) is 4.74 Å². The second-order valence-corrected chi connectivity index (χ2v) is 2.95. The highest BCUT2D eigenvalue weighted by Gasteiger charge is 2.12. The van der Waals surface area contributed by atoms with E-state index in [2.05, 4.69) is 4.74 Å². The van der Waals surface area contributed by atoms with Crippen molar-refractivity contribution in [3.8, 4) is 5.75 Å². The first-order valence-electron chi connectivity index (χ1n) is 4.21. The molecular weight excluding hydrogens is 198 g/mol. The zero-order chi connectivity index (χ0) is 11.4. The number of carbonyl (C=O) groups is 2. The molecule has 0 radical (unpaired) electrons. The van der Waals surface area contributed by atoms with Crippen LogP contribution in [0.15, 0.2) is 18.2 Å².